The van der Waals surface area contributed by atoms with Crippen LogP contribution in [0.15, 0.2) is 30.6 Å². The normalized spacial score (nSPS) is 14.4. The van der Waals surface area contributed by atoms with E-state index in [1.807, 2.05) is 66.1 Å². The monoisotopic (exact) mass is 523 g/mol. The van der Waals surface area contributed by atoms with Gasteiger partial charge < -0.3 is 24.6 Å². The average molecular weight is 524 g/mol. The van der Waals surface area contributed by atoms with Crippen LogP contribution in [0, 0.1) is 0 Å². The molecule has 204 valence electrons. The van der Waals surface area contributed by atoms with Gasteiger partial charge >= 0.3 is 6.09 Å². The molecule has 1 fully saturated rings. The summed E-state index contributed by atoms with van der Waals surface area (Å²) in [6.45, 7) is 11.7. The highest BCUT2D eigenvalue weighted by molar-refractivity contribution is 6.06. The van der Waals surface area contributed by atoms with Crippen LogP contribution in [0.25, 0.3) is 10.9 Å². The number of ether oxygens (including phenoxy) is 2. The number of rotatable bonds is 7. The highest BCUT2D eigenvalue weighted by Gasteiger charge is 2.30. The maximum absolute atomic E-state index is 13.1. The second kappa shape index (κ2) is 11.2. The molecule has 0 aliphatic carbocycles. The third-order valence-corrected chi connectivity index (χ3v) is 6.30. The number of aromatic nitrogens is 4. The van der Waals surface area contributed by atoms with E-state index in [1.54, 1.807) is 9.58 Å². The van der Waals surface area contributed by atoms with Gasteiger partial charge in [-0.1, -0.05) is 0 Å². The number of aryl methyl sites for hydroxylation is 1. The third-order valence-electron chi connectivity index (χ3n) is 6.30. The van der Waals surface area contributed by atoms with Gasteiger partial charge in [0.25, 0.3) is 5.91 Å². The van der Waals surface area contributed by atoms with Crippen LogP contribution in [0.5, 0.6) is 5.88 Å². The van der Waals surface area contributed by atoms with Crippen LogP contribution >= 0.6 is 0 Å². The van der Waals surface area contributed by atoms with E-state index in [-0.39, 0.29) is 29.5 Å². The van der Waals surface area contributed by atoms with Crippen molar-refractivity contribution in [3.8, 4) is 5.88 Å². The van der Waals surface area contributed by atoms with E-state index in [1.165, 1.54) is 6.20 Å². The molecule has 0 spiro atoms. The second-order valence-corrected chi connectivity index (χ2v) is 10.3. The first-order valence-corrected chi connectivity index (χ1v) is 13.1. The van der Waals surface area contributed by atoms with E-state index in [4.69, 9.17) is 9.47 Å². The van der Waals surface area contributed by atoms with Crippen LogP contribution in [-0.2, 0) is 11.8 Å². The molecule has 1 aromatic carbocycles. The van der Waals surface area contributed by atoms with Crippen molar-refractivity contribution in [2.45, 2.75) is 59.1 Å². The lowest BCUT2D eigenvalue weighted by atomic mass is 10.0. The number of likely N-dealkylation sites (tertiary alicyclic amines) is 1. The molecule has 1 aliphatic rings. The third kappa shape index (κ3) is 6.32. The minimum absolute atomic E-state index is 0.152. The van der Waals surface area contributed by atoms with Gasteiger partial charge in [0, 0.05) is 56.2 Å². The van der Waals surface area contributed by atoms with Crippen LogP contribution in [0.2, 0.25) is 0 Å². The van der Waals surface area contributed by atoms with Crippen molar-refractivity contribution in [3.63, 3.8) is 0 Å². The summed E-state index contributed by atoms with van der Waals surface area (Å²) < 4.78 is 13.0. The quantitative estimate of drug-likeness (QED) is 0.489. The van der Waals surface area contributed by atoms with Crippen LogP contribution in [-0.4, -0.2) is 74.5 Å². The summed E-state index contributed by atoms with van der Waals surface area (Å²) in [5, 5.41) is 8.21. The molecular formula is C27H37N7O4. The molecule has 4 rings (SSSR count). The topological polar surface area (TPSA) is 115 Å². The molecule has 1 N–H and O–H groups in total. The molecule has 1 aliphatic heterocycles. The van der Waals surface area contributed by atoms with Crippen molar-refractivity contribution in [2.24, 2.45) is 7.05 Å². The Bertz CT molecular complexity index is 1290. The Kier molecular flexibility index (Phi) is 8.03. The smallest absolute Gasteiger partial charge is 0.410 e. The van der Waals surface area contributed by atoms with E-state index >= 15 is 0 Å². The molecule has 2 aromatic heterocycles. The first-order valence-electron chi connectivity index (χ1n) is 13.1. The number of anilines is 2. The van der Waals surface area contributed by atoms with Crippen molar-refractivity contribution < 1.29 is 19.1 Å². The molecule has 3 heterocycles. The van der Waals surface area contributed by atoms with Crippen molar-refractivity contribution in [1.29, 1.82) is 0 Å². The summed E-state index contributed by atoms with van der Waals surface area (Å²) in [5.74, 6) is 0.388. The maximum Gasteiger partial charge on any atom is 0.410 e. The standard InChI is InChI=1S/C27H37N7O4/c1-7-34(20-11-13-33(14-12-20)26(36)38-27(3,4)5)25-28-16-21(24(30-25)37-8-2)23(35)29-19-9-10-22-18(15-19)17-32(6)31-22/h9-10,15-17,20H,7-8,11-14H2,1-6H3,(H,29,35). The fourth-order valence-electron chi connectivity index (χ4n) is 4.57. The molecule has 11 nitrogen and oxygen atoms in total. The highest BCUT2D eigenvalue weighted by atomic mass is 16.6. The molecule has 0 unspecified atom stereocenters. The lowest BCUT2D eigenvalue weighted by molar-refractivity contribution is 0.0204. The minimum atomic E-state index is -0.521. The van der Waals surface area contributed by atoms with E-state index in [2.05, 4.69) is 25.3 Å². The molecule has 0 radical (unpaired) electrons. The fraction of sp³-hybridized carbons (Fsp3) is 0.519. The van der Waals surface area contributed by atoms with Gasteiger partial charge in [0.1, 0.15) is 11.2 Å². The minimum Gasteiger partial charge on any atom is -0.477 e. The molecule has 38 heavy (non-hydrogen) atoms. The number of hydrogen-bond acceptors (Lipinski definition) is 8. The number of hydrogen-bond donors (Lipinski definition) is 1. The second-order valence-electron chi connectivity index (χ2n) is 10.3. The zero-order chi connectivity index (χ0) is 27.4. The van der Waals surface area contributed by atoms with Gasteiger partial charge in [-0.15, -0.1) is 0 Å². The maximum atomic E-state index is 13.1. The van der Waals surface area contributed by atoms with Crippen molar-refractivity contribution >= 4 is 34.5 Å². The number of piperidine rings is 1. The molecular weight excluding hydrogens is 486 g/mol. The predicted molar refractivity (Wildman–Crippen MR) is 146 cm³/mol. The van der Waals surface area contributed by atoms with Gasteiger partial charge in [-0.2, -0.15) is 10.1 Å². The van der Waals surface area contributed by atoms with Gasteiger partial charge in [0.2, 0.25) is 11.8 Å². The zero-order valence-electron chi connectivity index (χ0n) is 23.0. The average Bonchev–Trinajstić information content (AvgIpc) is 3.23. The summed E-state index contributed by atoms with van der Waals surface area (Å²) in [5.41, 5.74) is 1.24. The number of nitrogens with one attached hydrogen (secondary N) is 1. The number of fused-ring (bicyclic) bond motifs is 1. The van der Waals surface area contributed by atoms with Gasteiger partial charge in [0.05, 0.1) is 12.1 Å². The molecule has 1 saturated heterocycles. The Labute approximate surface area is 223 Å². The molecule has 0 bridgehead atoms. The molecule has 3 aromatic rings. The van der Waals surface area contributed by atoms with E-state index < -0.39 is 5.60 Å². The van der Waals surface area contributed by atoms with Crippen LogP contribution in [0.1, 0.15) is 57.8 Å². The summed E-state index contributed by atoms with van der Waals surface area (Å²) in [4.78, 5) is 38.6. The number of nitrogens with zero attached hydrogens (tertiary/aromatic N) is 6. The molecule has 0 atom stereocenters. The van der Waals surface area contributed by atoms with Gasteiger partial charge in [0.15, 0.2) is 0 Å². The molecule has 2 amide bonds. The number of benzene rings is 1. The zero-order valence-corrected chi connectivity index (χ0v) is 23.0. The summed E-state index contributed by atoms with van der Waals surface area (Å²) >= 11 is 0. The number of carbonyl (C=O) groups is 2. The predicted octanol–water partition coefficient (Wildman–Crippen LogP) is 4.24. The largest absolute Gasteiger partial charge is 0.477 e. The molecule has 0 saturated carbocycles. The summed E-state index contributed by atoms with van der Waals surface area (Å²) in [7, 11) is 1.86. The Hall–Kier alpha value is -3.89. The van der Waals surface area contributed by atoms with Gasteiger partial charge in [-0.25, -0.2) is 9.78 Å². The SMILES string of the molecule is CCOc1nc(N(CC)C2CCN(C(=O)OC(C)(C)C)CC2)ncc1C(=O)Nc1ccc2nn(C)cc2c1. The Morgan fingerprint density at radius 1 is 1.18 bits per heavy atom. The first-order chi connectivity index (χ1) is 18.1. The first kappa shape index (κ1) is 27.2. The van der Waals surface area contributed by atoms with E-state index in [0.29, 0.717) is 37.9 Å². The number of amides is 2. The highest BCUT2D eigenvalue weighted by Crippen LogP contribution is 2.26. The van der Waals surface area contributed by atoms with E-state index in [0.717, 1.165) is 23.7 Å². The van der Waals surface area contributed by atoms with Crippen LogP contribution in [0.4, 0.5) is 16.4 Å². The van der Waals surface area contributed by atoms with Crippen molar-refractivity contribution in [3.05, 3.63) is 36.2 Å². The Morgan fingerprint density at radius 2 is 1.92 bits per heavy atom. The van der Waals surface area contributed by atoms with Crippen LogP contribution < -0.4 is 15.0 Å². The van der Waals surface area contributed by atoms with Crippen molar-refractivity contribution in [1.82, 2.24) is 24.6 Å². The summed E-state index contributed by atoms with van der Waals surface area (Å²) in [6.07, 6.45) is 4.65. The molecule has 11 heteroatoms. The lowest BCUT2D eigenvalue weighted by Gasteiger charge is -2.38. The van der Waals surface area contributed by atoms with Gasteiger partial charge in [-0.05, 0) is 65.7 Å². The van der Waals surface area contributed by atoms with E-state index in [9.17, 15) is 9.59 Å². The fourth-order valence-corrected chi connectivity index (χ4v) is 4.57. The Balaban J connectivity index is 1.47. The summed E-state index contributed by atoms with van der Waals surface area (Å²) in [6, 6.07) is 5.70. The number of carbonyl (C=O) groups excluding carboxylic acids is 2. The lowest BCUT2D eigenvalue weighted by Crippen LogP contribution is -2.48. The van der Waals surface area contributed by atoms with Gasteiger partial charge in [-0.3, -0.25) is 9.48 Å². The van der Waals surface area contributed by atoms with Crippen molar-refractivity contribution in [2.75, 3.05) is 36.5 Å². The van der Waals surface area contributed by atoms with Crippen LogP contribution in [0.3, 0.4) is 0 Å². The Morgan fingerprint density at radius 3 is 2.58 bits per heavy atom.